The van der Waals surface area contributed by atoms with Gasteiger partial charge in [0.1, 0.15) is 18.1 Å². The Balaban J connectivity index is 1.82. The Kier molecular flexibility index (Phi) is 5.33. The molecule has 1 heterocycles. The fourth-order valence-electron chi connectivity index (χ4n) is 3.19. The summed E-state index contributed by atoms with van der Waals surface area (Å²) in [6.07, 6.45) is 0. The third kappa shape index (κ3) is 3.82. The number of nitrogens with zero attached hydrogens (tertiary/aromatic N) is 1. The van der Waals surface area contributed by atoms with Crippen LogP contribution in [0.25, 0.3) is 10.9 Å². The van der Waals surface area contributed by atoms with E-state index in [1.807, 2.05) is 30.3 Å². The number of para-hydroxylation sites is 1. The molecule has 6 heteroatoms. The van der Waals surface area contributed by atoms with Crippen LogP contribution in [0, 0.1) is 0 Å². The van der Waals surface area contributed by atoms with Crippen molar-refractivity contribution in [2.45, 2.75) is 23.3 Å². The number of aromatic nitrogens is 1. The second kappa shape index (κ2) is 8.08. The summed E-state index contributed by atoms with van der Waals surface area (Å²) in [7, 11) is -3.79. The molecule has 30 heavy (non-hydrogen) atoms. The quantitative estimate of drug-likeness (QED) is 0.419. The van der Waals surface area contributed by atoms with Gasteiger partial charge in [-0.2, -0.15) is 0 Å². The number of rotatable bonds is 6. The summed E-state index contributed by atoms with van der Waals surface area (Å²) in [6.45, 7) is 1.66. The predicted octanol–water partition coefficient (Wildman–Crippen LogP) is 4.85. The lowest BCUT2D eigenvalue weighted by molar-refractivity contribution is 0.100. The number of pyridine rings is 1. The maximum atomic E-state index is 13.2. The van der Waals surface area contributed by atoms with Gasteiger partial charge in [-0.25, -0.2) is 13.4 Å². The molecular weight excluding hydrogens is 398 g/mol. The van der Waals surface area contributed by atoms with E-state index in [1.54, 1.807) is 36.4 Å². The van der Waals surface area contributed by atoms with E-state index < -0.39 is 9.84 Å². The van der Waals surface area contributed by atoms with Crippen LogP contribution in [-0.4, -0.2) is 19.2 Å². The molecule has 0 unspecified atom stereocenters. The van der Waals surface area contributed by atoms with E-state index >= 15 is 0 Å². The summed E-state index contributed by atoms with van der Waals surface area (Å²) in [5.41, 5.74) is 1.31. The average Bonchev–Trinajstić information content (AvgIpc) is 2.77. The fraction of sp³-hybridized carbons (Fsp3) is 0.0833. The van der Waals surface area contributed by atoms with Crippen LogP contribution in [0.3, 0.4) is 0 Å². The third-order valence-electron chi connectivity index (χ3n) is 4.69. The number of sulfone groups is 1. The molecule has 0 N–H and O–H groups in total. The van der Waals surface area contributed by atoms with Gasteiger partial charge in [-0.1, -0.05) is 60.7 Å². The second-order valence-electron chi connectivity index (χ2n) is 6.81. The number of ketones is 1. The lowest BCUT2D eigenvalue weighted by Crippen LogP contribution is -2.08. The average molecular weight is 417 g/mol. The molecular formula is C24H19NO4S. The number of Topliss-reactive ketones (excluding diaryl/α,β-unsaturated/α-hetero) is 1. The van der Waals surface area contributed by atoms with Gasteiger partial charge in [0.25, 0.3) is 0 Å². The van der Waals surface area contributed by atoms with Crippen molar-refractivity contribution in [2.75, 3.05) is 0 Å². The molecule has 150 valence electrons. The van der Waals surface area contributed by atoms with Crippen LogP contribution in [0.5, 0.6) is 5.75 Å². The van der Waals surface area contributed by atoms with Crippen molar-refractivity contribution in [3.05, 3.63) is 96.2 Å². The van der Waals surface area contributed by atoms with Crippen LogP contribution in [0.1, 0.15) is 23.0 Å². The number of carbonyl (C=O) groups is 1. The van der Waals surface area contributed by atoms with Crippen molar-refractivity contribution < 1.29 is 17.9 Å². The minimum atomic E-state index is -3.79. The summed E-state index contributed by atoms with van der Waals surface area (Å²) in [5, 5.41) is 0.583. The van der Waals surface area contributed by atoms with E-state index in [4.69, 9.17) is 4.74 Å². The van der Waals surface area contributed by atoms with Gasteiger partial charge in [0, 0.05) is 12.3 Å². The number of benzene rings is 3. The minimum Gasteiger partial charge on any atom is -0.486 e. The number of hydrogen-bond acceptors (Lipinski definition) is 5. The summed E-state index contributed by atoms with van der Waals surface area (Å²) in [4.78, 5) is 16.9. The zero-order valence-corrected chi connectivity index (χ0v) is 17.1. The molecule has 0 radical (unpaired) electrons. The molecule has 0 bridgehead atoms. The van der Waals surface area contributed by atoms with Crippen LogP contribution in [0.4, 0.5) is 0 Å². The highest BCUT2D eigenvalue weighted by molar-refractivity contribution is 7.91. The first kappa shape index (κ1) is 19.8. The van der Waals surface area contributed by atoms with Crippen LogP contribution >= 0.6 is 0 Å². The van der Waals surface area contributed by atoms with E-state index in [0.29, 0.717) is 11.1 Å². The van der Waals surface area contributed by atoms with E-state index in [2.05, 4.69) is 4.98 Å². The normalized spacial score (nSPS) is 11.4. The molecule has 0 fully saturated rings. The topological polar surface area (TPSA) is 73.3 Å². The minimum absolute atomic E-state index is 0.0586. The number of fused-ring (bicyclic) bond motifs is 1. The van der Waals surface area contributed by atoms with Crippen LogP contribution in [0.2, 0.25) is 0 Å². The van der Waals surface area contributed by atoms with Crippen molar-refractivity contribution >= 4 is 26.5 Å². The number of hydrogen-bond donors (Lipinski definition) is 0. The SMILES string of the molecule is CC(=O)c1nc2c(S(=O)(=O)c3ccccc3)cccc2cc1OCc1ccccc1. The van der Waals surface area contributed by atoms with Gasteiger partial charge in [0.15, 0.2) is 5.78 Å². The highest BCUT2D eigenvalue weighted by Gasteiger charge is 2.23. The number of ether oxygens (including phenoxy) is 1. The molecule has 4 aromatic rings. The Morgan fingerprint density at radius 3 is 2.23 bits per heavy atom. The molecule has 0 aliphatic carbocycles. The summed E-state index contributed by atoms with van der Waals surface area (Å²) < 4.78 is 32.2. The lowest BCUT2D eigenvalue weighted by atomic mass is 10.1. The van der Waals surface area contributed by atoms with Gasteiger partial charge in [-0.3, -0.25) is 4.79 Å². The van der Waals surface area contributed by atoms with Gasteiger partial charge in [-0.05, 0) is 29.8 Å². The Morgan fingerprint density at radius 2 is 1.57 bits per heavy atom. The summed E-state index contributed by atoms with van der Waals surface area (Å²) >= 11 is 0. The Hall–Kier alpha value is -3.51. The standard InChI is InChI=1S/C24H19NO4S/c1-17(26)23-21(29-16-18-9-4-2-5-10-18)15-19-11-8-14-22(24(19)25-23)30(27,28)20-12-6-3-7-13-20/h2-15H,16H2,1H3. The molecule has 0 saturated heterocycles. The second-order valence-corrected chi connectivity index (χ2v) is 8.73. The van der Waals surface area contributed by atoms with E-state index in [1.165, 1.54) is 25.1 Å². The largest absolute Gasteiger partial charge is 0.486 e. The van der Waals surface area contributed by atoms with E-state index in [-0.39, 0.29) is 33.4 Å². The van der Waals surface area contributed by atoms with Crippen molar-refractivity contribution in [1.82, 2.24) is 4.98 Å². The predicted molar refractivity (Wildman–Crippen MR) is 114 cm³/mol. The van der Waals surface area contributed by atoms with Crippen molar-refractivity contribution in [3.63, 3.8) is 0 Å². The van der Waals surface area contributed by atoms with Crippen LogP contribution in [0.15, 0.2) is 94.7 Å². The smallest absolute Gasteiger partial charge is 0.208 e. The first-order chi connectivity index (χ1) is 14.5. The highest BCUT2D eigenvalue weighted by atomic mass is 32.2. The van der Waals surface area contributed by atoms with Gasteiger partial charge in [0.2, 0.25) is 9.84 Å². The highest BCUT2D eigenvalue weighted by Crippen LogP contribution is 2.31. The van der Waals surface area contributed by atoms with Gasteiger partial charge in [0.05, 0.1) is 15.3 Å². The molecule has 0 saturated carbocycles. The van der Waals surface area contributed by atoms with E-state index in [0.717, 1.165) is 5.56 Å². The van der Waals surface area contributed by atoms with Crippen LogP contribution in [-0.2, 0) is 16.4 Å². The van der Waals surface area contributed by atoms with Crippen molar-refractivity contribution in [3.8, 4) is 5.75 Å². The molecule has 0 aliphatic rings. The lowest BCUT2D eigenvalue weighted by Gasteiger charge is -2.13. The summed E-state index contributed by atoms with van der Waals surface area (Å²) in [5.74, 6) is 0.0278. The zero-order chi connectivity index (χ0) is 21.1. The first-order valence-electron chi connectivity index (χ1n) is 9.38. The van der Waals surface area contributed by atoms with Crippen molar-refractivity contribution in [2.24, 2.45) is 0 Å². The Labute approximate surface area is 174 Å². The Morgan fingerprint density at radius 1 is 0.900 bits per heavy atom. The zero-order valence-electron chi connectivity index (χ0n) is 16.3. The first-order valence-corrected chi connectivity index (χ1v) is 10.9. The summed E-state index contributed by atoms with van der Waals surface area (Å²) in [6, 6.07) is 24.3. The molecule has 3 aromatic carbocycles. The number of carbonyl (C=O) groups excluding carboxylic acids is 1. The maximum Gasteiger partial charge on any atom is 0.208 e. The molecule has 0 amide bonds. The molecule has 5 nitrogen and oxygen atoms in total. The van der Waals surface area contributed by atoms with E-state index in [9.17, 15) is 13.2 Å². The molecule has 0 atom stereocenters. The van der Waals surface area contributed by atoms with Gasteiger partial charge < -0.3 is 4.74 Å². The maximum absolute atomic E-state index is 13.2. The molecule has 0 aliphatic heterocycles. The monoisotopic (exact) mass is 417 g/mol. The Bertz CT molecular complexity index is 1320. The van der Waals surface area contributed by atoms with Crippen LogP contribution < -0.4 is 4.74 Å². The van der Waals surface area contributed by atoms with Crippen molar-refractivity contribution in [1.29, 1.82) is 0 Å². The molecule has 4 rings (SSSR count). The fourth-order valence-corrected chi connectivity index (χ4v) is 4.64. The third-order valence-corrected chi connectivity index (χ3v) is 6.49. The molecule has 1 aromatic heterocycles. The molecule has 0 spiro atoms. The van der Waals surface area contributed by atoms with Gasteiger partial charge in [-0.15, -0.1) is 0 Å². The van der Waals surface area contributed by atoms with Gasteiger partial charge >= 0.3 is 0 Å².